The molecule has 222 valence electrons. The smallest absolute Gasteiger partial charge is 0.227 e. The van der Waals surface area contributed by atoms with Crippen LogP contribution in [0.3, 0.4) is 0 Å². The minimum atomic E-state index is -0.905. The highest BCUT2D eigenvalue weighted by Gasteiger charge is 2.55. The molecule has 43 heavy (non-hydrogen) atoms. The van der Waals surface area contributed by atoms with Gasteiger partial charge in [0, 0.05) is 37.5 Å². The van der Waals surface area contributed by atoms with Gasteiger partial charge < -0.3 is 15.0 Å². The van der Waals surface area contributed by atoms with Gasteiger partial charge in [0.25, 0.3) is 0 Å². The Morgan fingerprint density at radius 1 is 0.884 bits per heavy atom. The van der Waals surface area contributed by atoms with Crippen LogP contribution in [-0.4, -0.2) is 42.7 Å². The summed E-state index contributed by atoms with van der Waals surface area (Å²) in [6, 6.07) is 39.2. The lowest BCUT2D eigenvalue weighted by Crippen LogP contribution is -2.47. The first kappa shape index (κ1) is 29.1. The number of fused-ring (bicyclic) bond motifs is 1. The van der Waals surface area contributed by atoms with Crippen molar-refractivity contribution in [2.24, 2.45) is 11.8 Å². The molecule has 1 saturated heterocycles. The van der Waals surface area contributed by atoms with Crippen molar-refractivity contribution in [3.05, 3.63) is 138 Å². The van der Waals surface area contributed by atoms with Crippen molar-refractivity contribution < 1.29 is 13.9 Å². The van der Waals surface area contributed by atoms with Gasteiger partial charge in [-0.2, -0.15) is 0 Å². The van der Waals surface area contributed by atoms with E-state index < -0.39 is 6.17 Å². The number of carbonyl (C=O) groups excluding carboxylic acids is 1. The largest absolute Gasteiger partial charge is 0.489 e. The number of ether oxygens (including phenoxy) is 1. The van der Waals surface area contributed by atoms with E-state index in [1.54, 1.807) is 0 Å². The van der Waals surface area contributed by atoms with Gasteiger partial charge in [-0.3, -0.25) is 4.79 Å². The Labute approximate surface area is 254 Å². The second-order valence-electron chi connectivity index (χ2n) is 12.2. The molecule has 1 amide bonds. The maximum Gasteiger partial charge on any atom is 0.227 e. The van der Waals surface area contributed by atoms with Crippen LogP contribution in [-0.2, 0) is 23.2 Å². The van der Waals surface area contributed by atoms with Crippen LogP contribution in [0.15, 0.2) is 115 Å². The van der Waals surface area contributed by atoms with Gasteiger partial charge in [0.1, 0.15) is 18.0 Å². The van der Waals surface area contributed by atoms with Gasteiger partial charge in [0.15, 0.2) is 0 Å². The van der Waals surface area contributed by atoms with Crippen molar-refractivity contribution >= 4 is 5.91 Å². The Balaban J connectivity index is 1.13. The first-order valence-electron chi connectivity index (χ1n) is 15.6. The molecule has 4 aromatic carbocycles. The molecule has 1 saturated carbocycles. The first-order chi connectivity index (χ1) is 21.0. The van der Waals surface area contributed by atoms with Crippen molar-refractivity contribution in [2.45, 2.75) is 50.4 Å². The number of nitrogens with one attached hydrogen (secondary N) is 1. The molecule has 0 bridgehead atoms. The molecule has 1 unspecified atom stereocenters. The first-order valence-corrected chi connectivity index (χ1v) is 15.6. The van der Waals surface area contributed by atoms with Gasteiger partial charge in [-0.05, 0) is 60.1 Å². The highest BCUT2D eigenvalue weighted by Crippen LogP contribution is 2.54. The second kappa shape index (κ2) is 13.1. The number of benzene rings is 4. The van der Waals surface area contributed by atoms with Crippen LogP contribution in [0.4, 0.5) is 4.39 Å². The van der Waals surface area contributed by atoms with E-state index in [9.17, 15) is 4.79 Å². The summed E-state index contributed by atoms with van der Waals surface area (Å²) in [6.45, 7) is 4.57. The van der Waals surface area contributed by atoms with E-state index in [-0.39, 0.29) is 35.7 Å². The molecule has 1 aliphatic heterocycles. The van der Waals surface area contributed by atoms with Gasteiger partial charge in [-0.25, -0.2) is 4.39 Å². The molecule has 4 atom stereocenters. The molecule has 0 aromatic heterocycles. The Bertz CT molecular complexity index is 1440. The third-order valence-corrected chi connectivity index (χ3v) is 9.40. The van der Waals surface area contributed by atoms with E-state index in [1.807, 2.05) is 66.4 Å². The second-order valence-corrected chi connectivity index (χ2v) is 12.2. The molecule has 2 aliphatic rings. The van der Waals surface area contributed by atoms with Crippen LogP contribution in [0.5, 0.6) is 5.75 Å². The van der Waals surface area contributed by atoms with Gasteiger partial charge >= 0.3 is 0 Å². The Morgan fingerprint density at radius 3 is 2.19 bits per heavy atom. The van der Waals surface area contributed by atoms with Crippen LogP contribution < -0.4 is 10.1 Å². The van der Waals surface area contributed by atoms with E-state index >= 15 is 4.39 Å². The fraction of sp³-hybridized carbons (Fsp3) is 0.342. The van der Waals surface area contributed by atoms with E-state index in [2.05, 4.69) is 66.0 Å². The number of alkyl halides is 1. The van der Waals surface area contributed by atoms with Crippen molar-refractivity contribution in [3.63, 3.8) is 0 Å². The van der Waals surface area contributed by atoms with Gasteiger partial charge in [-0.15, -0.1) is 0 Å². The van der Waals surface area contributed by atoms with E-state index in [0.29, 0.717) is 26.1 Å². The molecule has 6 rings (SSSR count). The lowest BCUT2D eigenvalue weighted by atomic mass is 9.56. The molecule has 4 aromatic rings. The summed E-state index contributed by atoms with van der Waals surface area (Å²) in [4.78, 5) is 15.6. The van der Waals surface area contributed by atoms with Crippen LogP contribution in [0.1, 0.15) is 42.0 Å². The zero-order valence-electron chi connectivity index (χ0n) is 24.9. The average Bonchev–Trinajstić information content (AvgIpc) is 3.50. The van der Waals surface area contributed by atoms with Gasteiger partial charge in [-0.1, -0.05) is 103 Å². The quantitative estimate of drug-likeness (QED) is 0.222. The molecule has 1 aliphatic carbocycles. The topological polar surface area (TPSA) is 41.6 Å². The lowest BCUT2D eigenvalue weighted by Gasteiger charge is -2.47. The molecule has 0 radical (unpaired) electrons. The van der Waals surface area contributed by atoms with E-state index in [4.69, 9.17) is 4.74 Å². The van der Waals surface area contributed by atoms with Gasteiger partial charge in [0.2, 0.25) is 5.91 Å². The standard InChI is InChI=1S/C38H41FN2O2/c1-28(24-40-25-29-12-5-2-6-13-29)43-33-19-11-14-30(22-33)23-37(42)41-26-34-35(27-41)38(21-20-36(34)39,31-15-7-3-8-16-31)32-17-9-4-10-18-32/h2-19,22,28,34-36,40H,20-21,23-27H2,1H3/t28?,34-,35+,36+/m0/s1. The minimum Gasteiger partial charge on any atom is -0.489 e. The minimum absolute atomic E-state index is 0.0175. The van der Waals surface area contributed by atoms with Crippen molar-refractivity contribution in [1.29, 1.82) is 0 Å². The predicted octanol–water partition coefficient (Wildman–Crippen LogP) is 6.98. The summed E-state index contributed by atoms with van der Waals surface area (Å²) >= 11 is 0. The molecule has 1 heterocycles. The Kier molecular flexibility index (Phi) is 8.90. The number of halogens is 1. The molecule has 5 heteroatoms. The summed E-state index contributed by atoms with van der Waals surface area (Å²) in [5.74, 6) is 0.637. The number of carbonyl (C=O) groups is 1. The summed E-state index contributed by atoms with van der Waals surface area (Å²) in [7, 11) is 0. The maximum absolute atomic E-state index is 15.6. The normalized spacial score (nSPS) is 21.6. The van der Waals surface area contributed by atoms with Crippen LogP contribution >= 0.6 is 0 Å². The van der Waals surface area contributed by atoms with Gasteiger partial charge in [0.05, 0.1) is 6.42 Å². The third kappa shape index (κ3) is 6.37. The van der Waals surface area contributed by atoms with Crippen molar-refractivity contribution in [1.82, 2.24) is 10.2 Å². The molecule has 2 fully saturated rings. The molecule has 1 N–H and O–H groups in total. The third-order valence-electron chi connectivity index (χ3n) is 9.40. The summed E-state index contributed by atoms with van der Waals surface area (Å²) < 4.78 is 21.8. The fourth-order valence-electron chi connectivity index (χ4n) is 7.34. The summed E-state index contributed by atoms with van der Waals surface area (Å²) in [5, 5.41) is 3.45. The van der Waals surface area contributed by atoms with Crippen LogP contribution in [0.25, 0.3) is 0 Å². The number of hydrogen-bond acceptors (Lipinski definition) is 3. The van der Waals surface area contributed by atoms with E-state index in [0.717, 1.165) is 24.3 Å². The molecular weight excluding hydrogens is 535 g/mol. The SMILES string of the molecule is CC(CNCc1ccccc1)Oc1cccc(CC(=O)N2C[C@@H]3[C@H](F)CCC(c4ccccc4)(c4ccccc4)[C@@H]3C2)c1. The van der Waals surface area contributed by atoms with Crippen LogP contribution in [0.2, 0.25) is 0 Å². The average molecular weight is 577 g/mol. The number of rotatable bonds is 10. The summed E-state index contributed by atoms with van der Waals surface area (Å²) in [6.07, 6.45) is 0.588. The van der Waals surface area contributed by atoms with Crippen LogP contribution in [0, 0.1) is 11.8 Å². The highest BCUT2D eigenvalue weighted by molar-refractivity contribution is 5.79. The lowest BCUT2D eigenvalue weighted by molar-refractivity contribution is -0.129. The number of hydrogen-bond donors (Lipinski definition) is 1. The summed E-state index contributed by atoms with van der Waals surface area (Å²) in [5.41, 5.74) is 4.27. The molecule has 4 nitrogen and oxygen atoms in total. The van der Waals surface area contributed by atoms with Crippen molar-refractivity contribution in [3.8, 4) is 5.75 Å². The fourth-order valence-corrected chi connectivity index (χ4v) is 7.34. The van der Waals surface area contributed by atoms with E-state index in [1.165, 1.54) is 16.7 Å². The molecule has 0 spiro atoms. The van der Waals surface area contributed by atoms with Crippen molar-refractivity contribution in [2.75, 3.05) is 19.6 Å². The zero-order valence-corrected chi connectivity index (χ0v) is 24.9. The highest BCUT2D eigenvalue weighted by atomic mass is 19.1. The maximum atomic E-state index is 15.6. The monoisotopic (exact) mass is 576 g/mol. The Morgan fingerprint density at radius 2 is 1.51 bits per heavy atom. The Hall–Kier alpha value is -3.96. The number of likely N-dealkylation sites (tertiary alicyclic amines) is 1. The molecular formula is C38H41FN2O2. The number of amides is 1. The number of nitrogens with zero attached hydrogens (tertiary/aromatic N) is 1. The predicted molar refractivity (Wildman–Crippen MR) is 170 cm³/mol. The zero-order chi connectivity index (χ0) is 29.6.